The summed E-state index contributed by atoms with van der Waals surface area (Å²) in [6, 6.07) is 19.4. The van der Waals surface area contributed by atoms with E-state index in [1.807, 2.05) is 65.6 Å². The summed E-state index contributed by atoms with van der Waals surface area (Å²) >= 11 is 0. The molecule has 2 aliphatic carbocycles. The maximum atomic E-state index is 14.0. The Morgan fingerprint density at radius 2 is 1.77 bits per heavy atom. The summed E-state index contributed by atoms with van der Waals surface area (Å²) in [5.74, 6) is 2.90. The molecule has 1 N–H and O–H groups in total. The Balaban J connectivity index is 1.11. The summed E-state index contributed by atoms with van der Waals surface area (Å²) in [7, 11) is 1.65. The van der Waals surface area contributed by atoms with Crippen molar-refractivity contribution in [1.82, 2.24) is 4.98 Å². The molecule has 2 aromatic carbocycles. The van der Waals surface area contributed by atoms with Crippen LogP contribution in [0.1, 0.15) is 66.8 Å². The van der Waals surface area contributed by atoms with Crippen molar-refractivity contribution in [2.75, 3.05) is 43.2 Å². The van der Waals surface area contributed by atoms with Crippen LogP contribution in [0, 0.1) is 17.8 Å². The number of rotatable bonds is 13. The first-order valence-corrected chi connectivity index (χ1v) is 15.6. The molecule has 43 heavy (non-hydrogen) atoms. The molecule has 1 saturated heterocycles. The van der Waals surface area contributed by atoms with Gasteiger partial charge in [-0.3, -0.25) is 14.5 Å². The lowest BCUT2D eigenvalue weighted by Gasteiger charge is -2.35. The number of hydrogen-bond donors (Lipinski definition) is 1. The number of amides is 1. The van der Waals surface area contributed by atoms with Gasteiger partial charge in [0.1, 0.15) is 17.3 Å². The predicted octanol–water partition coefficient (Wildman–Crippen LogP) is 6.41. The Labute approximate surface area is 253 Å². The highest BCUT2D eigenvalue weighted by molar-refractivity contribution is 6.09. The normalized spacial score (nSPS) is 17.7. The van der Waals surface area contributed by atoms with Gasteiger partial charge in [-0.15, -0.1) is 0 Å². The Morgan fingerprint density at radius 1 is 0.953 bits per heavy atom. The second-order valence-corrected chi connectivity index (χ2v) is 12.3. The molecule has 3 aromatic rings. The van der Waals surface area contributed by atoms with Gasteiger partial charge in [-0.2, -0.15) is 0 Å². The summed E-state index contributed by atoms with van der Waals surface area (Å²) < 4.78 is 11.8. The number of carboxylic acid groups (broad SMARTS) is 1. The predicted molar refractivity (Wildman–Crippen MR) is 166 cm³/mol. The molecular formula is C35H41N3O5. The molecule has 226 valence electrons. The number of anilines is 2. The van der Waals surface area contributed by atoms with Crippen molar-refractivity contribution in [3.8, 4) is 11.5 Å². The number of aliphatic carboxylic acids is 1. The van der Waals surface area contributed by atoms with Crippen LogP contribution in [-0.2, 0) is 4.79 Å². The maximum Gasteiger partial charge on any atom is 0.303 e. The number of hydrogen-bond acceptors (Lipinski definition) is 6. The van der Waals surface area contributed by atoms with Crippen LogP contribution in [0.4, 0.5) is 11.5 Å². The molecule has 0 spiro atoms. The molecule has 1 amide bonds. The molecule has 2 heterocycles. The van der Waals surface area contributed by atoms with Crippen molar-refractivity contribution in [2.45, 2.75) is 50.9 Å². The second-order valence-electron chi connectivity index (χ2n) is 12.3. The standard InChI is InChI=1S/C35H41N3O5/c1-42-28-12-13-30(35(41)38(22-24-8-9-24)33-7-2-3-16-36-33)32(20-28)37-17-14-25(15-18-37)23-43-29-6-4-5-27(19-29)31(21-34(39)40)26-10-11-26/h2-7,12-13,16,19-20,24-26,31H,8-11,14-15,17-18,21-23H2,1H3,(H,39,40). The summed E-state index contributed by atoms with van der Waals surface area (Å²) in [5, 5.41) is 9.40. The van der Waals surface area contributed by atoms with Gasteiger partial charge < -0.3 is 19.5 Å². The van der Waals surface area contributed by atoms with Gasteiger partial charge in [0, 0.05) is 31.9 Å². The van der Waals surface area contributed by atoms with Crippen LogP contribution in [0.2, 0.25) is 0 Å². The molecule has 3 aliphatic rings. The van der Waals surface area contributed by atoms with Crippen LogP contribution in [-0.4, -0.2) is 55.3 Å². The van der Waals surface area contributed by atoms with Gasteiger partial charge in [-0.1, -0.05) is 18.2 Å². The molecule has 0 bridgehead atoms. The minimum Gasteiger partial charge on any atom is -0.497 e. The summed E-state index contributed by atoms with van der Waals surface area (Å²) in [6.45, 7) is 2.93. The number of carbonyl (C=O) groups is 2. The first kappa shape index (κ1) is 29.0. The number of methoxy groups -OCH3 is 1. The molecule has 3 fully saturated rings. The zero-order chi connectivity index (χ0) is 29.8. The van der Waals surface area contributed by atoms with Gasteiger partial charge in [0.25, 0.3) is 5.91 Å². The SMILES string of the molecule is COc1ccc(C(=O)N(CC2CC2)c2ccccn2)c(N2CCC(COc3cccc(C(CC(=O)O)C4CC4)c3)CC2)c1. The van der Waals surface area contributed by atoms with Crippen molar-refractivity contribution < 1.29 is 24.2 Å². The van der Waals surface area contributed by atoms with Crippen LogP contribution in [0.15, 0.2) is 66.9 Å². The fourth-order valence-electron chi connectivity index (χ4n) is 6.21. The molecule has 8 heteroatoms. The highest BCUT2D eigenvalue weighted by atomic mass is 16.5. The van der Waals surface area contributed by atoms with E-state index in [4.69, 9.17) is 9.47 Å². The summed E-state index contributed by atoms with van der Waals surface area (Å²) in [5.41, 5.74) is 2.64. The van der Waals surface area contributed by atoms with E-state index in [9.17, 15) is 14.7 Å². The third-order valence-corrected chi connectivity index (χ3v) is 9.06. The monoisotopic (exact) mass is 583 g/mol. The lowest BCUT2D eigenvalue weighted by atomic mass is 9.91. The summed E-state index contributed by atoms with van der Waals surface area (Å²) in [6.07, 6.45) is 8.29. The van der Waals surface area contributed by atoms with Crippen LogP contribution in [0.3, 0.4) is 0 Å². The summed E-state index contributed by atoms with van der Waals surface area (Å²) in [4.78, 5) is 34.1. The zero-order valence-corrected chi connectivity index (χ0v) is 24.9. The van der Waals surface area contributed by atoms with E-state index in [0.29, 0.717) is 42.3 Å². The van der Waals surface area contributed by atoms with Gasteiger partial charge in [-0.05, 0) is 104 Å². The smallest absolute Gasteiger partial charge is 0.303 e. The van der Waals surface area contributed by atoms with Crippen LogP contribution >= 0.6 is 0 Å². The first-order chi connectivity index (χ1) is 21.0. The Morgan fingerprint density at radius 3 is 2.44 bits per heavy atom. The molecule has 1 atom stereocenters. The molecule has 1 aliphatic heterocycles. The van der Waals surface area contributed by atoms with Gasteiger partial charge in [-0.25, -0.2) is 4.98 Å². The van der Waals surface area contributed by atoms with Crippen molar-refractivity contribution >= 4 is 23.4 Å². The Hall–Kier alpha value is -4.07. The largest absolute Gasteiger partial charge is 0.497 e. The first-order valence-electron chi connectivity index (χ1n) is 15.6. The highest BCUT2D eigenvalue weighted by Gasteiger charge is 2.34. The molecule has 1 unspecified atom stereocenters. The third kappa shape index (κ3) is 7.29. The van der Waals surface area contributed by atoms with Crippen molar-refractivity contribution in [3.63, 3.8) is 0 Å². The molecule has 2 saturated carbocycles. The van der Waals surface area contributed by atoms with Gasteiger partial charge >= 0.3 is 5.97 Å². The van der Waals surface area contributed by atoms with E-state index in [1.165, 1.54) is 0 Å². The van der Waals surface area contributed by atoms with Crippen molar-refractivity contribution in [1.29, 1.82) is 0 Å². The lowest BCUT2D eigenvalue weighted by Crippen LogP contribution is -2.38. The molecule has 0 radical (unpaired) electrons. The van der Waals surface area contributed by atoms with Crippen molar-refractivity contribution in [2.24, 2.45) is 17.8 Å². The van der Waals surface area contributed by atoms with Crippen LogP contribution < -0.4 is 19.3 Å². The quantitative estimate of drug-likeness (QED) is 0.249. The Bertz CT molecular complexity index is 1410. The fraction of sp³-hybridized carbons (Fsp3) is 0.457. The van der Waals surface area contributed by atoms with Gasteiger partial charge in [0.2, 0.25) is 0 Å². The highest BCUT2D eigenvalue weighted by Crippen LogP contribution is 2.45. The minimum atomic E-state index is -0.747. The van der Waals surface area contributed by atoms with E-state index in [0.717, 1.165) is 74.4 Å². The van der Waals surface area contributed by atoms with E-state index >= 15 is 0 Å². The number of ether oxygens (including phenoxy) is 2. The van der Waals surface area contributed by atoms with Gasteiger partial charge in [0.05, 0.1) is 31.4 Å². The lowest BCUT2D eigenvalue weighted by molar-refractivity contribution is -0.137. The fourth-order valence-corrected chi connectivity index (χ4v) is 6.21. The molecular weight excluding hydrogens is 542 g/mol. The Kier molecular flexibility index (Phi) is 8.82. The van der Waals surface area contributed by atoms with Crippen molar-refractivity contribution in [3.05, 3.63) is 78.0 Å². The molecule has 8 nitrogen and oxygen atoms in total. The molecule has 6 rings (SSSR count). The van der Waals surface area contributed by atoms with Gasteiger partial charge in [0.15, 0.2) is 0 Å². The second kappa shape index (κ2) is 13.1. The number of nitrogens with zero attached hydrogens (tertiary/aromatic N) is 3. The number of benzene rings is 2. The van der Waals surface area contributed by atoms with E-state index in [1.54, 1.807) is 13.3 Å². The molecule has 1 aromatic heterocycles. The van der Waals surface area contributed by atoms with E-state index in [-0.39, 0.29) is 18.2 Å². The third-order valence-electron chi connectivity index (χ3n) is 9.06. The van der Waals surface area contributed by atoms with Crippen LogP contribution in [0.5, 0.6) is 11.5 Å². The maximum absolute atomic E-state index is 14.0. The van der Waals surface area contributed by atoms with E-state index in [2.05, 4.69) is 9.88 Å². The number of carbonyl (C=O) groups excluding carboxylic acids is 1. The van der Waals surface area contributed by atoms with E-state index < -0.39 is 5.97 Å². The average Bonchev–Trinajstić information content (AvgIpc) is 3.97. The number of carboxylic acids is 1. The zero-order valence-electron chi connectivity index (χ0n) is 24.9. The minimum absolute atomic E-state index is 0.0269. The number of aromatic nitrogens is 1. The average molecular weight is 584 g/mol. The number of piperidine rings is 1. The van der Waals surface area contributed by atoms with Crippen LogP contribution in [0.25, 0.3) is 0 Å². The number of pyridine rings is 1. The topological polar surface area (TPSA) is 92.2 Å².